The van der Waals surface area contributed by atoms with Gasteiger partial charge in [0.05, 0.1) is 18.1 Å². The molecule has 0 aliphatic heterocycles. The molecule has 140 valence electrons. The number of hydrogen-bond donors (Lipinski definition) is 3. The Kier molecular flexibility index (Phi) is 6.95. The van der Waals surface area contributed by atoms with E-state index in [1.54, 1.807) is 18.5 Å². The Morgan fingerprint density at radius 3 is 2.58 bits per heavy atom. The number of hydrogen-bond acceptors (Lipinski definition) is 5. The molecule has 7 heteroatoms. The molecule has 1 unspecified atom stereocenters. The number of aryl methyl sites for hydroxylation is 2. The van der Waals surface area contributed by atoms with Gasteiger partial charge >= 0.3 is 0 Å². The first kappa shape index (κ1) is 20.1. The second-order valence-electron chi connectivity index (χ2n) is 6.15. The number of anilines is 1. The van der Waals surface area contributed by atoms with Crippen LogP contribution in [-0.4, -0.2) is 34.3 Å². The van der Waals surface area contributed by atoms with Gasteiger partial charge in [0.15, 0.2) is 7.29 Å². The highest BCUT2D eigenvalue weighted by atomic mass is 31.2. The molecule has 0 bridgehead atoms. The smallest absolute Gasteiger partial charge is 0.173 e. The summed E-state index contributed by atoms with van der Waals surface area (Å²) < 4.78 is 13.4. The van der Waals surface area contributed by atoms with Crippen LogP contribution in [0.4, 0.5) is 5.82 Å². The molecule has 3 N–H and O–H groups in total. The quantitative estimate of drug-likeness (QED) is 0.602. The Hall–Kier alpha value is -2.17. The van der Waals surface area contributed by atoms with Crippen molar-refractivity contribution in [1.29, 1.82) is 0 Å². The van der Waals surface area contributed by atoms with E-state index in [2.05, 4.69) is 20.4 Å². The molecule has 0 fully saturated rings. The Bertz CT molecular complexity index is 819. The number of phenols is 1. The highest BCUT2D eigenvalue weighted by Crippen LogP contribution is 2.50. The van der Waals surface area contributed by atoms with E-state index in [0.717, 1.165) is 22.1 Å². The van der Waals surface area contributed by atoms with Crippen LogP contribution in [0.2, 0.25) is 0 Å². The van der Waals surface area contributed by atoms with E-state index in [0.29, 0.717) is 25.1 Å². The Labute approximate surface area is 155 Å². The van der Waals surface area contributed by atoms with Crippen LogP contribution in [0.25, 0.3) is 6.08 Å². The van der Waals surface area contributed by atoms with Crippen molar-refractivity contribution in [2.45, 2.75) is 27.7 Å². The van der Waals surface area contributed by atoms with Crippen LogP contribution in [0.5, 0.6) is 5.75 Å². The van der Waals surface area contributed by atoms with Crippen molar-refractivity contribution in [1.82, 2.24) is 15.1 Å². The largest absolute Gasteiger partial charge is 0.508 e. The molecule has 26 heavy (non-hydrogen) atoms. The van der Waals surface area contributed by atoms with Crippen LogP contribution in [-0.2, 0) is 4.57 Å². The molecule has 1 aromatic heterocycles. The lowest BCUT2D eigenvalue weighted by Gasteiger charge is -2.21. The minimum Gasteiger partial charge on any atom is -0.508 e. The highest BCUT2D eigenvalue weighted by molar-refractivity contribution is 7.66. The Morgan fingerprint density at radius 2 is 2.00 bits per heavy atom. The lowest BCUT2D eigenvalue weighted by Crippen LogP contribution is -2.17. The van der Waals surface area contributed by atoms with Crippen LogP contribution >= 0.6 is 7.29 Å². The van der Waals surface area contributed by atoms with Gasteiger partial charge in [-0.15, -0.1) is 0 Å². The van der Waals surface area contributed by atoms with E-state index in [4.69, 9.17) is 0 Å². The third-order valence-corrected chi connectivity index (χ3v) is 7.04. The molecule has 1 atom stereocenters. The zero-order valence-electron chi connectivity index (χ0n) is 15.8. The normalized spacial score (nSPS) is 14.1. The molecule has 0 aliphatic carbocycles. The van der Waals surface area contributed by atoms with Crippen molar-refractivity contribution in [2.75, 3.05) is 24.6 Å². The standard InChI is InChI=1S/C19H27N4O2P/c1-5-23-26(25,6-2)17(10-16-7-8-18(24)14(3)9-16)12-22-19-13-20-15(4)11-21-19/h7-11,13,24H,5-6,12H2,1-4H3,(H,21,22)(H,23,25). The highest BCUT2D eigenvalue weighted by Gasteiger charge is 2.24. The summed E-state index contributed by atoms with van der Waals surface area (Å²) in [7, 11) is -2.71. The summed E-state index contributed by atoms with van der Waals surface area (Å²) in [5.41, 5.74) is 2.53. The van der Waals surface area contributed by atoms with Gasteiger partial charge in [0.2, 0.25) is 0 Å². The van der Waals surface area contributed by atoms with Crippen molar-refractivity contribution in [3.05, 3.63) is 52.7 Å². The summed E-state index contributed by atoms with van der Waals surface area (Å²) in [6.45, 7) is 8.62. The van der Waals surface area contributed by atoms with Gasteiger partial charge < -0.3 is 15.0 Å². The summed E-state index contributed by atoms with van der Waals surface area (Å²) in [6.07, 6.45) is 5.81. The van der Waals surface area contributed by atoms with E-state index < -0.39 is 7.29 Å². The molecular weight excluding hydrogens is 347 g/mol. The lowest BCUT2D eigenvalue weighted by molar-refractivity contribution is 0.471. The fraction of sp³-hybridized carbons (Fsp3) is 0.368. The minimum absolute atomic E-state index is 0.252. The first-order valence-corrected chi connectivity index (χ1v) is 10.6. The van der Waals surface area contributed by atoms with Crippen molar-refractivity contribution < 1.29 is 9.67 Å². The Morgan fingerprint density at radius 1 is 1.23 bits per heavy atom. The molecule has 2 aromatic rings. The van der Waals surface area contributed by atoms with E-state index in [9.17, 15) is 9.67 Å². The number of aromatic hydroxyl groups is 1. The molecule has 1 aromatic carbocycles. The SMILES string of the molecule is CCNP(=O)(CC)C(=Cc1ccc(O)c(C)c1)CNc1cnc(C)cn1. The van der Waals surface area contributed by atoms with E-state index in [1.807, 2.05) is 45.9 Å². The number of benzene rings is 1. The number of aromatic nitrogens is 2. The third-order valence-electron chi connectivity index (χ3n) is 4.11. The molecule has 1 heterocycles. The first-order valence-electron chi connectivity index (χ1n) is 8.75. The summed E-state index contributed by atoms with van der Waals surface area (Å²) in [6, 6.07) is 5.36. The van der Waals surface area contributed by atoms with E-state index in [-0.39, 0.29) is 5.75 Å². The second kappa shape index (κ2) is 8.97. The molecule has 2 rings (SSSR count). The minimum atomic E-state index is -2.71. The average molecular weight is 374 g/mol. The van der Waals surface area contributed by atoms with Crippen molar-refractivity contribution in [3.8, 4) is 5.75 Å². The lowest BCUT2D eigenvalue weighted by atomic mass is 10.1. The van der Waals surface area contributed by atoms with Crippen LogP contribution in [0.15, 0.2) is 35.9 Å². The van der Waals surface area contributed by atoms with Crippen molar-refractivity contribution >= 4 is 19.2 Å². The maximum atomic E-state index is 13.4. The number of nitrogens with one attached hydrogen (secondary N) is 2. The molecule has 0 saturated heterocycles. The fourth-order valence-electron chi connectivity index (χ4n) is 2.58. The molecule has 6 nitrogen and oxygen atoms in total. The van der Waals surface area contributed by atoms with E-state index >= 15 is 0 Å². The number of nitrogens with zero attached hydrogens (tertiary/aromatic N) is 2. The van der Waals surface area contributed by atoms with Crippen molar-refractivity contribution in [2.24, 2.45) is 0 Å². The predicted molar refractivity (Wildman–Crippen MR) is 108 cm³/mol. The van der Waals surface area contributed by atoms with Crippen LogP contribution < -0.4 is 10.4 Å². The van der Waals surface area contributed by atoms with E-state index in [1.165, 1.54) is 0 Å². The molecule has 0 aliphatic rings. The second-order valence-corrected chi connectivity index (χ2v) is 9.15. The zero-order chi connectivity index (χ0) is 19.2. The van der Waals surface area contributed by atoms with Gasteiger partial charge in [-0.1, -0.05) is 19.9 Å². The molecule has 0 spiro atoms. The molecule has 0 amide bonds. The van der Waals surface area contributed by atoms with Gasteiger partial charge in [0.25, 0.3) is 0 Å². The maximum absolute atomic E-state index is 13.4. The van der Waals surface area contributed by atoms with Gasteiger partial charge in [-0.3, -0.25) is 10.1 Å². The monoisotopic (exact) mass is 374 g/mol. The number of phenolic OH excluding ortho intramolecular Hbond substituents is 1. The van der Waals surface area contributed by atoms with Gasteiger partial charge in [0.1, 0.15) is 11.6 Å². The predicted octanol–water partition coefficient (Wildman–Crippen LogP) is 4.16. The topological polar surface area (TPSA) is 87.1 Å². The number of rotatable bonds is 8. The summed E-state index contributed by atoms with van der Waals surface area (Å²) in [5, 5.41) is 16.9. The summed E-state index contributed by atoms with van der Waals surface area (Å²) >= 11 is 0. The fourth-order valence-corrected chi connectivity index (χ4v) is 4.62. The summed E-state index contributed by atoms with van der Waals surface area (Å²) in [4.78, 5) is 8.52. The summed E-state index contributed by atoms with van der Waals surface area (Å²) in [5.74, 6) is 0.893. The van der Waals surface area contributed by atoms with Crippen molar-refractivity contribution in [3.63, 3.8) is 0 Å². The van der Waals surface area contributed by atoms with Gasteiger partial charge in [-0.05, 0) is 49.7 Å². The van der Waals surface area contributed by atoms with Crippen LogP contribution in [0.3, 0.4) is 0 Å². The first-order chi connectivity index (χ1) is 12.4. The maximum Gasteiger partial charge on any atom is 0.173 e. The van der Waals surface area contributed by atoms with Crippen LogP contribution in [0, 0.1) is 13.8 Å². The van der Waals surface area contributed by atoms with Gasteiger partial charge in [-0.2, -0.15) is 0 Å². The van der Waals surface area contributed by atoms with Gasteiger partial charge in [-0.25, -0.2) is 4.98 Å². The average Bonchev–Trinajstić information content (AvgIpc) is 2.63. The molecule has 0 radical (unpaired) electrons. The van der Waals surface area contributed by atoms with Crippen LogP contribution in [0.1, 0.15) is 30.7 Å². The Balaban J connectivity index is 2.34. The van der Waals surface area contributed by atoms with Gasteiger partial charge in [0, 0.05) is 18.0 Å². The zero-order valence-corrected chi connectivity index (χ0v) is 16.7. The molecular formula is C19H27N4O2P. The molecule has 0 saturated carbocycles. The third kappa shape index (κ3) is 5.16.